The second kappa shape index (κ2) is 3.95. The van der Waals surface area contributed by atoms with Gasteiger partial charge in [0.25, 0.3) is 0 Å². The lowest BCUT2D eigenvalue weighted by Gasteiger charge is -2.32. The second-order valence-corrected chi connectivity index (χ2v) is 5.45. The van der Waals surface area contributed by atoms with E-state index >= 15 is 0 Å². The fraction of sp³-hybridized carbons (Fsp3) is 0.833. The summed E-state index contributed by atoms with van der Waals surface area (Å²) in [6.45, 7) is 14.7. The molecule has 1 aliphatic heterocycles. The van der Waals surface area contributed by atoms with Crippen molar-refractivity contribution in [3.63, 3.8) is 0 Å². The first-order valence-electron chi connectivity index (χ1n) is 5.70. The maximum atomic E-state index is 5.99. The highest BCUT2D eigenvalue weighted by Crippen LogP contribution is 2.41. The number of allylic oxidation sites excluding steroid dienone is 2. The van der Waals surface area contributed by atoms with Crippen LogP contribution in [0.15, 0.2) is 11.6 Å². The quantitative estimate of drug-likeness (QED) is 0.513. The topological polar surface area (TPSA) is 18.5 Å². The lowest BCUT2D eigenvalue weighted by molar-refractivity contribution is 0.00578. The minimum Gasteiger partial charge on any atom is -0.403 e. The smallest absolute Gasteiger partial charge is 0.403 e. The second-order valence-electron chi connectivity index (χ2n) is 5.45. The summed E-state index contributed by atoms with van der Waals surface area (Å²) in [5, 5.41) is 0. The van der Waals surface area contributed by atoms with Gasteiger partial charge < -0.3 is 9.31 Å². The van der Waals surface area contributed by atoms with Gasteiger partial charge in [-0.05, 0) is 41.5 Å². The predicted octanol–water partition coefficient (Wildman–Crippen LogP) is 3.43. The SMILES string of the molecule is C/C=C(\C)[C@@H](C)B1OC(C)(C)C(C)(C)O1. The maximum absolute atomic E-state index is 5.99. The van der Waals surface area contributed by atoms with Crippen LogP contribution < -0.4 is 0 Å². The van der Waals surface area contributed by atoms with Gasteiger partial charge in [0, 0.05) is 5.82 Å². The van der Waals surface area contributed by atoms with E-state index in [0.29, 0.717) is 5.82 Å². The molecule has 2 nitrogen and oxygen atoms in total. The minimum absolute atomic E-state index is 0.119. The first-order chi connectivity index (χ1) is 6.71. The highest BCUT2D eigenvalue weighted by molar-refractivity contribution is 6.48. The summed E-state index contributed by atoms with van der Waals surface area (Å²) < 4.78 is 12.0. The van der Waals surface area contributed by atoms with Crippen LogP contribution in [0.1, 0.15) is 48.5 Å². The van der Waals surface area contributed by atoms with Gasteiger partial charge in [-0.3, -0.25) is 0 Å². The standard InChI is InChI=1S/C12H23BO2/c1-8-9(2)10(3)13-14-11(4,5)12(6,7)15-13/h8,10H,1-7H3/b9-8+/t10-/m1/s1. The van der Waals surface area contributed by atoms with Gasteiger partial charge in [0.2, 0.25) is 0 Å². The van der Waals surface area contributed by atoms with E-state index in [0.717, 1.165) is 0 Å². The summed E-state index contributed by atoms with van der Waals surface area (Å²) in [6.07, 6.45) is 2.12. The summed E-state index contributed by atoms with van der Waals surface area (Å²) in [6, 6.07) is 0. The van der Waals surface area contributed by atoms with E-state index in [1.807, 2.05) is 0 Å². The fourth-order valence-electron chi connectivity index (χ4n) is 1.57. The van der Waals surface area contributed by atoms with Crippen molar-refractivity contribution < 1.29 is 9.31 Å². The highest BCUT2D eigenvalue weighted by Gasteiger charge is 2.52. The van der Waals surface area contributed by atoms with E-state index in [1.165, 1.54) is 5.57 Å². The summed E-state index contributed by atoms with van der Waals surface area (Å²) in [4.78, 5) is 0. The molecule has 1 fully saturated rings. The molecule has 0 aromatic carbocycles. The Morgan fingerprint density at radius 2 is 1.53 bits per heavy atom. The molecule has 1 saturated heterocycles. The molecule has 0 aromatic rings. The molecular weight excluding hydrogens is 187 g/mol. The third-order valence-corrected chi connectivity index (χ3v) is 3.85. The van der Waals surface area contributed by atoms with Crippen molar-refractivity contribution in [2.75, 3.05) is 0 Å². The molecule has 0 amide bonds. The van der Waals surface area contributed by atoms with Crippen molar-refractivity contribution in [3.8, 4) is 0 Å². The van der Waals surface area contributed by atoms with Gasteiger partial charge >= 0.3 is 7.12 Å². The largest absolute Gasteiger partial charge is 0.465 e. The van der Waals surface area contributed by atoms with E-state index in [-0.39, 0.29) is 18.3 Å². The van der Waals surface area contributed by atoms with Crippen LogP contribution in [0.3, 0.4) is 0 Å². The van der Waals surface area contributed by atoms with Crippen molar-refractivity contribution in [3.05, 3.63) is 11.6 Å². The van der Waals surface area contributed by atoms with Gasteiger partial charge in [-0.2, -0.15) is 0 Å². The van der Waals surface area contributed by atoms with Gasteiger partial charge in [0.05, 0.1) is 11.2 Å². The maximum Gasteiger partial charge on any atom is 0.465 e. The average molecular weight is 210 g/mol. The molecule has 0 bridgehead atoms. The molecular formula is C12H23BO2. The molecule has 1 rings (SSSR count). The first kappa shape index (κ1) is 12.8. The first-order valence-corrected chi connectivity index (χ1v) is 5.70. The van der Waals surface area contributed by atoms with Crippen LogP contribution in [0.2, 0.25) is 5.82 Å². The Labute approximate surface area is 94.2 Å². The van der Waals surface area contributed by atoms with Crippen molar-refractivity contribution in [2.24, 2.45) is 0 Å². The zero-order chi connectivity index (χ0) is 11.9. The fourth-order valence-corrected chi connectivity index (χ4v) is 1.57. The van der Waals surface area contributed by atoms with Crippen molar-refractivity contribution in [1.82, 2.24) is 0 Å². The number of rotatable bonds is 2. The third kappa shape index (κ3) is 2.29. The molecule has 1 aliphatic rings. The van der Waals surface area contributed by atoms with Crippen LogP contribution in [-0.4, -0.2) is 18.3 Å². The van der Waals surface area contributed by atoms with Crippen LogP contribution in [-0.2, 0) is 9.31 Å². The Morgan fingerprint density at radius 1 is 1.13 bits per heavy atom. The molecule has 0 unspecified atom stereocenters. The summed E-state index contributed by atoms with van der Waals surface area (Å²) >= 11 is 0. The number of hydrogen-bond donors (Lipinski definition) is 0. The zero-order valence-electron chi connectivity index (χ0n) is 11.0. The summed E-state index contributed by atoms with van der Waals surface area (Å²) in [5.41, 5.74) is 0.869. The molecule has 0 spiro atoms. The normalized spacial score (nSPS) is 26.9. The Hall–Kier alpha value is -0.275. The average Bonchev–Trinajstić information content (AvgIpc) is 2.33. The predicted molar refractivity (Wildman–Crippen MR) is 64.9 cm³/mol. The van der Waals surface area contributed by atoms with Crippen LogP contribution in [0.5, 0.6) is 0 Å². The van der Waals surface area contributed by atoms with Crippen LogP contribution in [0.25, 0.3) is 0 Å². The lowest BCUT2D eigenvalue weighted by Crippen LogP contribution is -2.41. The van der Waals surface area contributed by atoms with Crippen LogP contribution >= 0.6 is 0 Å². The third-order valence-electron chi connectivity index (χ3n) is 3.85. The number of hydrogen-bond acceptors (Lipinski definition) is 2. The molecule has 0 radical (unpaired) electrons. The molecule has 1 heterocycles. The van der Waals surface area contributed by atoms with E-state index in [4.69, 9.17) is 9.31 Å². The molecule has 0 aliphatic carbocycles. The van der Waals surface area contributed by atoms with Gasteiger partial charge in [-0.1, -0.05) is 18.6 Å². The van der Waals surface area contributed by atoms with E-state index in [9.17, 15) is 0 Å². The van der Waals surface area contributed by atoms with Crippen molar-refractivity contribution >= 4 is 7.12 Å². The molecule has 0 N–H and O–H groups in total. The van der Waals surface area contributed by atoms with E-state index in [2.05, 4.69) is 54.5 Å². The molecule has 0 aromatic heterocycles. The Balaban J connectivity index is 2.79. The molecule has 3 heteroatoms. The lowest BCUT2D eigenvalue weighted by atomic mass is 9.69. The summed E-state index contributed by atoms with van der Waals surface area (Å²) in [5.74, 6) is 0.316. The molecule has 1 atom stereocenters. The molecule has 86 valence electrons. The van der Waals surface area contributed by atoms with Crippen LogP contribution in [0, 0.1) is 0 Å². The zero-order valence-corrected chi connectivity index (χ0v) is 11.0. The monoisotopic (exact) mass is 210 g/mol. The van der Waals surface area contributed by atoms with Crippen molar-refractivity contribution in [1.29, 1.82) is 0 Å². The van der Waals surface area contributed by atoms with E-state index in [1.54, 1.807) is 0 Å². The van der Waals surface area contributed by atoms with Gasteiger partial charge in [0.1, 0.15) is 0 Å². The minimum atomic E-state index is -0.222. The van der Waals surface area contributed by atoms with Gasteiger partial charge in [0.15, 0.2) is 0 Å². The Bertz CT molecular complexity index is 253. The van der Waals surface area contributed by atoms with Crippen molar-refractivity contribution in [2.45, 2.75) is 65.5 Å². The molecule has 0 saturated carbocycles. The van der Waals surface area contributed by atoms with Gasteiger partial charge in [-0.15, -0.1) is 0 Å². The Morgan fingerprint density at radius 3 is 1.87 bits per heavy atom. The van der Waals surface area contributed by atoms with E-state index < -0.39 is 0 Å². The molecule has 15 heavy (non-hydrogen) atoms. The van der Waals surface area contributed by atoms with Crippen LogP contribution in [0.4, 0.5) is 0 Å². The Kier molecular flexibility index (Phi) is 3.37. The van der Waals surface area contributed by atoms with Gasteiger partial charge in [-0.25, -0.2) is 0 Å². The highest BCUT2D eigenvalue weighted by atomic mass is 16.7. The summed E-state index contributed by atoms with van der Waals surface area (Å²) in [7, 11) is -0.119.